The average molecular weight is 581 g/mol. The molecule has 1 aliphatic heterocycles. The fraction of sp³-hybridized carbons (Fsp3) is 0.367. The summed E-state index contributed by atoms with van der Waals surface area (Å²) in [7, 11) is 6.89. The second-order valence-electron chi connectivity index (χ2n) is 10.2. The Morgan fingerprint density at radius 1 is 1.17 bits per heavy atom. The van der Waals surface area contributed by atoms with Crippen LogP contribution in [0.15, 0.2) is 60.8 Å². The fourth-order valence-electron chi connectivity index (χ4n) is 5.15. The third-order valence-electron chi connectivity index (χ3n) is 7.28. The number of carbonyl (C=O) groups excluding carboxylic acids is 2. The van der Waals surface area contributed by atoms with Gasteiger partial charge in [0.2, 0.25) is 0 Å². The van der Waals surface area contributed by atoms with E-state index in [2.05, 4.69) is 15.6 Å². The summed E-state index contributed by atoms with van der Waals surface area (Å²) in [5.74, 6) is -1.32. The van der Waals surface area contributed by atoms with Gasteiger partial charge in [-0.3, -0.25) is 19.4 Å². The van der Waals surface area contributed by atoms with Gasteiger partial charge in [0.1, 0.15) is 11.8 Å². The Kier molecular flexibility index (Phi) is 10.4. The molecule has 42 heavy (non-hydrogen) atoms. The van der Waals surface area contributed by atoms with Gasteiger partial charge in [-0.1, -0.05) is 24.3 Å². The molecule has 0 aliphatic carbocycles. The van der Waals surface area contributed by atoms with E-state index in [9.17, 15) is 19.2 Å². The standard InChI is InChI=1S/C30H37FN6O5/c1-32-29(39)21-12-20(13-23(14-21)36(2)3)24-10-7-8-19(28(24)41-4)17-37-27(30(40)35-31)25(18-38)26(42-37)16-33-15-22-9-5-6-11-34-22/h5-14,25-27,33,38H,15-18H2,1-4H3,(H,32,39)(H,35,40). The van der Waals surface area contributed by atoms with E-state index in [4.69, 9.17) is 9.57 Å². The summed E-state index contributed by atoms with van der Waals surface area (Å²) < 4.78 is 19.3. The molecule has 0 spiro atoms. The van der Waals surface area contributed by atoms with Gasteiger partial charge in [0.25, 0.3) is 11.8 Å². The van der Waals surface area contributed by atoms with Crippen LogP contribution in [0.3, 0.4) is 0 Å². The number of nitrogens with zero attached hydrogens (tertiary/aromatic N) is 3. The van der Waals surface area contributed by atoms with Gasteiger partial charge < -0.3 is 25.4 Å². The second kappa shape index (κ2) is 14.2. The number of nitrogens with one attached hydrogen (secondary N) is 3. The number of carbonyl (C=O) groups is 2. The van der Waals surface area contributed by atoms with Gasteiger partial charge in [-0.2, -0.15) is 10.6 Å². The first-order chi connectivity index (χ1) is 20.3. The molecule has 2 amide bonds. The molecule has 1 fully saturated rings. The van der Waals surface area contributed by atoms with Crippen molar-refractivity contribution in [2.24, 2.45) is 5.92 Å². The van der Waals surface area contributed by atoms with E-state index in [0.717, 1.165) is 22.5 Å². The monoisotopic (exact) mass is 580 g/mol. The lowest BCUT2D eigenvalue weighted by molar-refractivity contribution is -0.176. The number of anilines is 1. The van der Waals surface area contributed by atoms with Crippen molar-refractivity contribution in [1.82, 2.24) is 26.2 Å². The number of aromatic nitrogens is 1. The number of aliphatic hydroxyl groups is 1. The zero-order chi connectivity index (χ0) is 30.2. The van der Waals surface area contributed by atoms with Crippen molar-refractivity contribution in [3.05, 3.63) is 77.6 Å². The van der Waals surface area contributed by atoms with Crippen molar-refractivity contribution >= 4 is 17.5 Å². The number of ether oxygens (including phenoxy) is 1. The number of pyridine rings is 1. The number of hydrogen-bond donors (Lipinski definition) is 4. The quantitative estimate of drug-likeness (QED) is 0.238. The average Bonchev–Trinajstić information content (AvgIpc) is 3.36. The number of hydroxylamine groups is 2. The Hall–Kier alpha value is -4.10. The van der Waals surface area contributed by atoms with Crippen LogP contribution < -0.4 is 25.8 Å². The Morgan fingerprint density at radius 2 is 1.98 bits per heavy atom. The minimum atomic E-state index is -1.09. The van der Waals surface area contributed by atoms with Crippen LogP contribution in [0.5, 0.6) is 5.75 Å². The van der Waals surface area contributed by atoms with Crippen molar-refractivity contribution in [3.63, 3.8) is 0 Å². The maximum absolute atomic E-state index is 13.5. The Bertz CT molecular complexity index is 1380. The van der Waals surface area contributed by atoms with E-state index in [1.807, 2.05) is 61.5 Å². The van der Waals surface area contributed by atoms with E-state index in [0.29, 0.717) is 30.0 Å². The molecule has 1 aliphatic rings. The summed E-state index contributed by atoms with van der Waals surface area (Å²) in [4.78, 5) is 37.5. The molecule has 2 heterocycles. The molecular formula is C30H37FN6O5. The molecular weight excluding hydrogens is 543 g/mol. The molecule has 1 saturated heterocycles. The van der Waals surface area contributed by atoms with E-state index in [1.165, 1.54) is 17.7 Å². The molecule has 11 nitrogen and oxygen atoms in total. The maximum atomic E-state index is 13.5. The smallest absolute Gasteiger partial charge is 0.267 e. The molecule has 3 aromatic rings. The minimum absolute atomic E-state index is 0.0675. The number of aliphatic hydroxyl groups excluding tert-OH is 1. The van der Waals surface area contributed by atoms with Crippen molar-refractivity contribution in [3.8, 4) is 16.9 Å². The topological polar surface area (TPSA) is 128 Å². The van der Waals surface area contributed by atoms with Crippen LogP contribution in [0.25, 0.3) is 11.1 Å². The third-order valence-corrected chi connectivity index (χ3v) is 7.28. The first kappa shape index (κ1) is 30.8. The summed E-state index contributed by atoms with van der Waals surface area (Å²) in [5.41, 5.74) is 5.50. The van der Waals surface area contributed by atoms with Gasteiger partial charge in [0.15, 0.2) is 0 Å². The number of para-hydroxylation sites is 1. The number of halogens is 1. The maximum Gasteiger partial charge on any atom is 0.267 e. The van der Waals surface area contributed by atoms with Crippen molar-refractivity contribution in [1.29, 1.82) is 0 Å². The Labute approximate surface area is 244 Å². The van der Waals surface area contributed by atoms with Gasteiger partial charge in [-0.25, -0.2) is 0 Å². The van der Waals surface area contributed by atoms with E-state index in [1.54, 1.807) is 25.4 Å². The molecule has 4 rings (SSSR count). The Balaban J connectivity index is 1.63. The van der Waals surface area contributed by atoms with Crippen LogP contribution in [0.4, 0.5) is 10.2 Å². The second-order valence-corrected chi connectivity index (χ2v) is 10.2. The van der Waals surface area contributed by atoms with Crippen molar-refractivity contribution < 1.29 is 28.8 Å². The lowest BCUT2D eigenvalue weighted by Gasteiger charge is -2.24. The number of amides is 2. The largest absolute Gasteiger partial charge is 0.496 e. The highest BCUT2D eigenvalue weighted by atomic mass is 19.2. The SMILES string of the molecule is CNC(=O)c1cc(-c2cccc(CN3OC(CNCc4ccccn4)C(CO)C3C(=O)NF)c2OC)cc(N(C)C)c1. The van der Waals surface area contributed by atoms with Crippen LogP contribution in [-0.4, -0.2) is 80.5 Å². The lowest BCUT2D eigenvalue weighted by Crippen LogP contribution is -2.45. The molecule has 3 unspecified atom stereocenters. The van der Waals surface area contributed by atoms with Crippen LogP contribution in [0, 0.1) is 5.92 Å². The summed E-state index contributed by atoms with van der Waals surface area (Å²) in [5, 5.41) is 17.5. The van der Waals surface area contributed by atoms with Gasteiger partial charge >= 0.3 is 0 Å². The Morgan fingerprint density at radius 3 is 2.62 bits per heavy atom. The highest BCUT2D eigenvalue weighted by Gasteiger charge is 2.47. The van der Waals surface area contributed by atoms with Crippen LogP contribution in [0.1, 0.15) is 21.6 Å². The lowest BCUT2D eigenvalue weighted by atomic mass is 9.94. The summed E-state index contributed by atoms with van der Waals surface area (Å²) >= 11 is 0. The highest BCUT2D eigenvalue weighted by Crippen LogP contribution is 2.38. The van der Waals surface area contributed by atoms with Crippen molar-refractivity contribution in [2.75, 3.05) is 46.3 Å². The molecule has 2 aromatic carbocycles. The van der Waals surface area contributed by atoms with Crippen LogP contribution in [-0.2, 0) is 22.7 Å². The van der Waals surface area contributed by atoms with E-state index in [-0.39, 0.29) is 19.1 Å². The van der Waals surface area contributed by atoms with Gasteiger partial charge in [0, 0.05) is 68.7 Å². The fourth-order valence-corrected chi connectivity index (χ4v) is 5.15. The minimum Gasteiger partial charge on any atom is -0.496 e. The molecule has 0 bridgehead atoms. The zero-order valence-corrected chi connectivity index (χ0v) is 24.1. The predicted molar refractivity (Wildman–Crippen MR) is 156 cm³/mol. The van der Waals surface area contributed by atoms with Crippen LogP contribution in [0.2, 0.25) is 0 Å². The number of methoxy groups -OCH3 is 1. The van der Waals surface area contributed by atoms with Crippen molar-refractivity contribution in [2.45, 2.75) is 25.2 Å². The number of rotatable bonds is 12. The first-order valence-electron chi connectivity index (χ1n) is 13.6. The molecule has 224 valence electrons. The normalized spacial score (nSPS) is 18.5. The molecule has 1 aromatic heterocycles. The summed E-state index contributed by atoms with van der Waals surface area (Å²) in [6.45, 7) is 0.434. The van der Waals surface area contributed by atoms with E-state index >= 15 is 0 Å². The molecule has 4 N–H and O–H groups in total. The number of hydrogen-bond acceptors (Lipinski definition) is 9. The molecule has 0 radical (unpaired) electrons. The molecule has 3 atom stereocenters. The molecule has 0 saturated carbocycles. The predicted octanol–water partition coefficient (Wildman–Crippen LogP) is 2.07. The van der Waals surface area contributed by atoms with Gasteiger partial charge in [0.05, 0.1) is 32.1 Å². The third kappa shape index (κ3) is 6.85. The van der Waals surface area contributed by atoms with Crippen LogP contribution >= 0.6 is 0 Å². The summed E-state index contributed by atoms with van der Waals surface area (Å²) in [6, 6.07) is 15.6. The molecule has 12 heteroatoms. The van der Waals surface area contributed by atoms with E-state index < -0.39 is 24.0 Å². The zero-order valence-electron chi connectivity index (χ0n) is 24.1. The first-order valence-corrected chi connectivity index (χ1v) is 13.6. The van der Waals surface area contributed by atoms with Gasteiger partial charge in [-0.15, -0.1) is 4.48 Å². The van der Waals surface area contributed by atoms with Gasteiger partial charge in [-0.05, 0) is 35.9 Å². The number of benzene rings is 2. The highest BCUT2D eigenvalue weighted by molar-refractivity contribution is 5.97. The summed E-state index contributed by atoms with van der Waals surface area (Å²) in [6.07, 6.45) is 1.09.